The van der Waals surface area contributed by atoms with E-state index in [0.29, 0.717) is 39.4 Å². The van der Waals surface area contributed by atoms with Gasteiger partial charge >= 0.3 is 0 Å². The summed E-state index contributed by atoms with van der Waals surface area (Å²) in [5.74, 6) is 1.16. The molecular weight excluding hydrogens is 450 g/mol. The highest BCUT2D eigenvalue weighted by Crippen LogP contribution is 2.40. The Morgan fingerprint density at radius 2 is 1.78 bits per heavy atom. The molecule has 2 aromatic heterocycles. The lowest BCUT2D eigenvalue weighted by Gasteiger charge is -2.14. The smallest absolute Gasteiger partial charge is 0.265 e. The molecule has 0 aliphatic carbocycles. The maximum atomic E-state index is 13.0. The number of anilines is 1. The fourth-order valence-electron chi connectivity index (χ4n) is 3.47. The van der Waals surface area contributed by atoms with E-state index in [1.54, 1.807) is 12.1 Å². The van der Waals surface area contributed by atoms with Gasteiger partial charge in [0.25, 0.3) is 5.91 Å². The van der Waals surface area contributed by atoms with Crippen molar-refractivity contribution in [2.45, 2.75) is 13.5 Å². The Labute approximate surface area is 194 Å². The van der Waals surface area contributed by atoms with Gasteiger partial charge in [0.1, 0.15) is 4.83 Å². The van der Waals surface area contributed by atoms with E-state index in [9.17, 15) is 4.79 Å². The summed E-state index contributed by atoms with van der Waals surface area (Å²) in [4.78, 5) is 14.5. The second-order valence-corrected chi connectivity index (χ2v) is 8.47. The molecule has 9 heteroatoms. The first-order valence-electron chi connectivity index (χ1n) is 9.76. The molecule has 0 atom stereocenters. The number of nitrogens with one attached hydrogen (secondary N) is 1. The predicted octanol–water partition coefficient (Wildman–Crippen LogP) is 5.39. The number of thiophene rings is 1. The Kier molecular flexibility index (Phi) is 6.25. The second kappa shape index (κ2) is 9.10. The third kappa shape index (κ3) is 4.11. The van der Waals surface area contributed by atoms with E-state index in [1.807, 2.05) is 41.9 Å². The molecule has 0 saturated heterocycles. The minimum Gasteiger partial charge on any atom is -0.493 e. The monoisotopic (exact) mass is 471 g/mol. The number of carbonyl (C=O) groups is 1. The molecule has 0 saturated carbocycles. The lowest BCUT2D eigenvalue weighted by Crippen LogP contribution is -2.10. The first-order valence-corrected chi connectivity index (χ1v) is 11.0. The number of rotatable bonds is 7. The highest BCUT2D eigenvalue weighted by molar-refractivity contribution is 7.20. The van der Waals surface area contributed by atoms with Crippen LogP contribution in [0.25, 0.3) is 10.2 Å². The molecular formula is C23H22ClN3O4S. The lowest BCUT2D eigenvalue weighted by atomic mass is 10.2. The van der Waals surface area contributed by atoms with Gasteiger partial charge < -0.3 is 19.5 Å². The average Bonchev–Trinajstić information content (AvgIpc) is 3.35. The number of amides is 1. The summed E-state index contributed by atoms with van der Waals surface area (Å²) >= 11 is 7.70. The number of fused-ring (bicyclic) bond motifs is 1. The van der Waals surface area contributed by atoms with Crippen LogP contribution < -0.4 is 19.5 Å². The van der Waals surface area contributed by atoms with Crippen molar-refractivity contribution < 1.29 is 19.0 Å². The van der Waals surface area contributed by atoms with Crippen LogP contribution in [0.4, 0.5) is 5.69 Å². The van der Waals surface area contributed by atoms with Crippen LogP contribution in [0, 0.1) is 6.92 Å². The van der Waals surface area contributed by atoms with Crippen LogP contribution in [0.5, 0.6) is 17.2 Å². The van der Waals surface area contributed by atoms with Crippen molar-refractivity contribution >= 4 is 44.7 Å². The van der Waals surface area contributed by atoms with E-state index >= 15 is 0 Å². The number of nitrogens with zero attached hydrogens (tertiary/aromatic N) is 2. The van der Waals surface area contributed by atoms with Crippen LogP contribution in [0.15, 0.2) is 42.5 Å². The summed E-state index contributed by atoms with van der Waals surface area (Å²) in [5, 5.41) is 9.17. The molecule has 0 spiro atoms. The highest BCUT2D eigenvalue weighted by atomic mass is 35.5. The van der Waals surface area contributed by atoms with Gasteiger partial charge in [0.05, 0.1) is 38.4 Å². The molecule has 32 heavy (non-hydrogen) atoms. The van der Waals surface area contributed by atoms with Crippen LogP contribution in [-0.2, 0) is 6.54 Å². The van der Waals surface area contributed by atoms with Gasteiger partial charge in [0.2, 0.25) is 5.75 Å². The fraction of sp³-hybridized carbons (Fsp3) is 0.217. The Bertz CT molecular complexity index is 1270. The number of benzene rings is 2. The molecule has 0 radical (unpaired) electrons. The fourth-order valence-corrected chi connectivity index (χ4v) is 4.72. The highest BCUT2D eigenvalue weighted by Gasteiger charge is 2.19. The van der Waals surface area contributed by atoms with E-state index < -0.39 is 0 Å². The molecule has 0 bridgehead atoms. The number of halogens is 1. The zero-order valence-corrected chi connectivity index (χ0v) is 19.6. The third-order valence-electron chi connectivity index (χ3n) is 5.03. The Balaban J connectivity index is 1.63. The lowest BCUT2D eigenvalue weighted by molar-refractivity contribution is 0.103. The zero-order chi connectivity index (χ0) is 22.8. The van der Waals surface area contributed by atoms with E-state index in [2.05, 4.69) is 10.4 Å². The van der Waals surface area contributed by atoms with Crippen LogP contribution in [0.2, 0.25) is 5.02 Å². The number of hydrogen-bond donors (Lipinski definition) is 1. The topological polar surface area (TPSA) is 74.6 Å². The van der Waals surface area contributed by atoms with Gasteiger partial charge in [0, 0.05) is 28.2 Å². The summed E-state index contributed by atoms with van der Waals surface area (Å²) in [5.41, 5.74) is 2.36. The largest absolute Gasteiger partial charge is 0.493 e. The molecule has 0 aliphatic heterocycles. The minimum absolute atomic E-state index is 0.232. The van der Waals surface area contributed by atoms with Crippen molar-refractivity contribution in [3.63, 3.8) is 0 Å². The summed E-state index contributed by atoms with van der Waals surface area (Å²) < 4.78 is 17.9. The maximum Gasteiger partial charge on any atom is 0.265 e. The van der Waals surface area contributed by atoms with Crippen molar-refractivity contribution in [2.24, 2.45) is 0 Å². The van der Waals surface area contributed by atoms with Crippen LogP contribution in [0.1, 0.15) is 20.9 Å². The van der Waals surface area contributed by atoms with E-state index in [-0.39, 0.29) is 5.91 Å². The average molecular weight is 472 g/mol. The van der Waals surface area contributed by atoms with E-state index in [0.717, 1.165) is 21.5 Å². The van der Waals surface area contributed by atoms with E-state index in [4.69, 9.17) is 25.8 Å². The molecule has 1 N–H and O–H groups in total. The van der Waals surface area contributed by atoms with Gasteiger partial charge in [-0.05, 0) is 24.6 Å². The quantitative estimate of drug-likeness (QED) is 0.391. The number of aromatic nitrogens is 2. The molecule has 7 nitrogen and oxygen atoms in total. The molecule has 0 fully saturated rings. The van der Waals surface area contributed by atoms with Crippen molar-refractivity contribution in [2.75, 3.05) is 26.6 Å². The summed E-state index contributed by atoms with van der Waals surface area (Å²) in [6.45, 7) is 2.46. The molecule has 4 aromatic rings. The zero-order valence-electron chi connectivity index (χ0n) is 18.1. The molecule has 2 aromatic carbocycles. The number of carbonyl (C=O) groups excluding carboxylic acids is 1. The normalized spacial score (nSPS) is 10.9. The van der Waals surface area contributed by atoms with Gasteiger partial charge in [-0.25, -0.2) is 0 Å². The third-order valence-corrected chi connectivity index (χ3v) is 6.55. The minimum atomic E-state index is -0.232. The maximum absolute atomic E-state index is 13.0. The summed E-state index contributed by atoms with van der Waals surface area (Å²) in [6.07, 6.45) is 0. The first kappa shape index (κ1) is 22.0. The Morgan fingerprint density at radius 1 is 1.09 bits per heavy atom. The SMILES string of the molecule is COc1cc(NC(=O)c2cc3c(C)nn(Cc4ccccc4Cl)c3s2)cc(OC)c1OC. The Morgan fingerprint density at radius 3 is 2.41 bits per heavy atom. The predicted molar refractivity (Wildman–Crippen MR) is 127 cm³/mol. The van der Waals surface area contributed by atoms with E-state index in [1.165, 1.54) is 32.7 Å². The number of hydrogen-bond acceptors (Lipinski definition) is 6. The molecule has 2 heterocycles. The standard InChI is InChI=1S/C23H22ClN3O4S/c1-13-16-11-20(32-23(16)27(26-13)12-14-7-5-6-8-17(14)24)22(28)25-15-9-18(29-2)21(31-4)19(10-15)30-3/h5-11H,12H2,1-4H3,(H,25,28). The molecule has 4 rings (SSSR count). The first-order chi connectivity index (χ1) is 15.4. The number of aryl methyl sites for hydroxylation is 1. The van der Waals surface area contributed by atoms with Gasteiger partial charge in [-0.2, -0.15) is 5.10 Å². The van der Waals surface area contributed by atoms with Crippen molar-refractivity contribution in [1.29, 1.82) is 0 Å². The second-order valence-electron chi connectivity index (χ2n) is 7.03. The molecule has 0 aliphatic rings. The summed E-state index contributed by atoms with van der Waals surface area (Å²) in [7, 11) is 4.59. The summed E-state index contributed by atoms with van der Waals surface area (Å²) in [6, 6.07) is 12.9. The molecule has 0 unspecified atom stereocenters. The van der Waals surface area contributed by atoms with Gasteiger partial charge in [-0.3, -0.25) is 9.48 Å². The van der Waals surface area contributed by atoms with Gasteiger partial charge in [-0.15, -0.1) is 11.3 Å². The van der Waals surface area contributed by atoms with Crippen LogP contribution >= 0.6 is 22.9 Å². The van der Waals surface area contributed by atoms with Crippen molar-refractivity contribution in [3.8, 4) is 17.2 Å². The van der Waals surface area contributed by atoms with Crippen molar-refractivity contribution in [3.05, 3.63) is 63.6 Å². The van der Waals surface area contributed by atoms with Crippen LogP contribution in [-0.4, -0.2) is 37.0 Å². The number of ether oxygens (including phenoxy) is 3. The van der Waals surface area contributed by atoms with Gasteiger partial charge in [0.15, 0.2) is 11.5 Å². The van der Waals surface area contributed by atoms with Crippen molar-refractivity contribution in [1.82, 2.24) is 9.78 Å². The Hall–Kier alpha value is -3.23. The molecule has 1 amide bonds. The molecule has 166 valence electrons. The van der Waals surface area contributed by atoms with Gasteiger partial charge in [-0.1, -0.05) is 29.8 Å². The number of methoxy groups -OCH3 is 3. The van der Waals surface area contributed by atoms with Crippen LogP contribution in [0.3, 0.4) is 0 Å².